The zero-order chi connectivity index (χ0) is 9.40. The molecule has 0 amide bonds. The summed E-state index contributed by atoms with van der Waals surface area (Å²) in [4.78, 5) is 0. The van der Waals surface area contributed by atoms with E-state index in [-0.39, 0.29) is 0 Å². The summed E-state index contributed by atoms with van der Waals surface area (Å²) in [6.07, 6.45) is 9.18. The first-order chi connectivity index (χ1) is 5.76. The fourth-order valence-corrected chi connectivity index (χ4v) is 2.64. The number of thioether (sulfide) groups is 1. The van der Waals surface area contributed by atoms with E-state index in [9.17, 15) is 0 Å². The number of hydrogen-bond acceptors (Lipinski definition) is 1. The van der Waals surface area contributed by atoms with Crippen LogP contribution in [0.1, 0.15) is 52.9 Å². The molecule has 2 atom stereocenters. The first-order valence-corrected chi connectivity index (χ1v) is 6.57. The van der Waals surface area contributed by atoms with E-state index in [1.807, 2.05) is 11.8 Å². The van der Waals surface area contributed by atoms with Gasteiger partial charge in [0, 0.05) is 5.25 Å². The molecule has 2 unspecified atom stereocenters. The van der Waals surface area contributed by atoms with Crippen LogP contribution < -0.4 is 0 Å². The quantitative estimate of drug-likeness (QED) is 0.535. The molecule has 0 fully saturated rings. The molecule has 0 aliphatic heterocycles. The van der Waals surface area contributed by atoms with Crippen molar-refractivity contribution in [3.8, 4) is 0 Å². The summed E-state index contributed by atoms with van der Waals surface area (Å²) < 4.78 is 0. The minimum Gasteiger partial charge on any atom is -0.162 e. The molecule has 0 aromatic heterocycles. The average molecular weight is 188 g/mol. The van der Waals surface area contributed by atoms with Crippen LogP contribution in [0.3, 0.4) is 0 Å². The van der Waals surface area contributed by atoms with Gasteiger partial charge in [-0.2, -0.15) is 11.8 Å². The summed E-state index contributed by atoms with van der Waals surface area (Å²) in [6, 6.07) is 0. The molecule has 0 N–H and O–H groups in total. The standard InChI is InChI=1S/C11H24S/c1-5-7-8-9-10(3)11(6-2)12-4/h10-11H,5-9H2,1-4H3. The Hall–Kier alpha value is 0.350. The van der Waals surface area contributed by atoms with E-state index >= 15 is 0 Å². The molecule has 74 valence electrons. The Morgan fingerprint density at radius 1 is 1.17 bits per heavy atom. The van der Waals surface area contributed by atoms with Crippen molar-refractivity contribution < 1.29 is 0 Å². The van der Waals surface area contributed by atoms with E-state index in [1.165, 1.54) is 32.1 Å². The Balaban J connectivity index is 3.47. The first kappa shape index (κ1) is 12.3. The largest absolute Gasteiger partial charge is 0.162 e. The van der Waals surface area contributed by atoms with Crippen molar-refractivity contribution in [2.24, 2.45) is 5.92 Å². The topological polar surface area (TPSA) is 0 Å². The molecule has 0 aromatic carbocycles. The van der Waals surface area contributed by atoms with Gasteiger partial charge in [-0.15, -0.1) is 0 Å². The second kappa shape index (κ2) is 7.97. The Morgan fingerprint density at radius 2 is 1.83 bits per heavy atom. The Morgan fingerprint density at radius 3 is 2.25 bits per heavy atom. The van der Waals surface area contributed by atoms with Crippen molar-refractivity contribution in [3.05, 3.63) is 0 Å². The Bertz CT molecular complexity index is 87.0. The predicted molar refractivity (Wildman–Crippen MR) is 60.9 cm³/mol. The third-order valence-electron chi connectivity index (χ3n) is 2.60. The fraction of sp³-hybridized carbons (Fsp3) is 1.00. The van der Waals surface area contributed by atoms with Crippen molar-refractivity contribution >= 4 is 11.8 Å². The highest BCUT2D eigenvalue weighted by Crippen LogP contribution is 2.24. The lowest BCUT2D eigenvalue weighted by atomic mass is 9.98. The minimum atomic E-state index is 0.891. The SMILES string of the molecule is CCCCCC(C)C(CC)SC. The monoisotopic (exact) mass is 188 g/mol. The molecule has 0 nitrogen and oxygen atoms in total. The van der Waals surface area contributed by atoms with Crippen LogP contribution in [0, 0.1) is 5.92 Å². The summed E-state index contributed by atoms with van der Waals surface area (Å²) >= 11 is 2.04. The van der Waals surface area contributed by atoms with Crippen LogP contribution in [0.25, 0.3) is 0 Å². The Kier molecular flexibility index (Phi) is 8.20. The first-order valence-electron chi connectivity index (χ1n) is 5.29. The van der Waals surface area contributed by atoms with Crippen LogP contribution in [0.15, 0.2) is 0 Å². The second-order valence-corrected chi connectivity index (χ2v) is 4.73. The molecule has 0 rings (SSSR count). The molecule has 1 heteroatoms. The number of hydrogen-bond donors (Lipinski definition) is 0. The van der Waals surface area contributed by atoms with Gasteiger partial charge >= 0.3 is 0 Å². The van der Waals surface area contributed by atoms with E-state index < -0.39 is 0 Å². The number of unbranched alkanes of at least 4 members (excludes halogenated alkanes) is 2. The molecular formula is C11H24S. The molecule has 0 heterocycles. The predicted octanol–water partition coefficient (Wildman–Crippen LogP) is 4.34. The van der Waals surface area contributed by atoms with Gasteiger partial charge in [-0.05, 0) is 25.0 Å². The molecule has 0 bridgehead atoms. The summed E-state index contributed by atoms with van der Waals surface area (Å²) in [5.41, 5.74) is 0. The molecule has 0 aromatic rings. The van der Waals surface area contributed by atoms with Crippen molar-refractivity contribution in [3.63, 3.8) is 0 Å². The highest BCUT2D eigenvalue weighted by Gasteiger charge is 2.12. The third-order valence-corrected chi connectivity index (χ3v) is 4.01. The van der Waals surface area contributed by atoms with Gasteiger partial charge < -0.3 is 0 Å². The normalized spacial score (nSPS) is 16.0. The average Bonchev–Trinajstić information content (AvgIpc) is 2.07. The highest BCUT2D eigenvalue weighted by atomic mass is 32.2. The van der Waals surface area contributed by atoms with Crippen LogP contribution in [0.4, 0.5) is 0 Å². The summed E-state index contributed by atoms with van der Waals surface area (Å²) in [7, 11) is 0. The Labute approximate surface area is 82.5 Å². The molecule has 12 heavy (non-hydrogen) atoms. The van der Waals surface area contributed by atoms with E-state index in [0.29, 0.717) is 0 Å². The van der Waals surface area contributed by atoms with Gasteiger partial charge in [0.25, 0.3) is 0 Å². The second-order valence-electron chi connectivity index (χ2n) is 3.66. The lowest BCUT2D eigenvalue weighted by Crippen LogP contribution is -2.12. The van der Waals surface area contributed by atoms with Crippen molar-refractivity contribution in [2.45, 2.75) is 58.1 Å². The van der Waals surface area contributed by atoms with Crippen molar-refractivity contribution in [2.75, 3.05) is 6.26 Å². The van der Waals surface area contributed by atoms with Crippen LogP contribution in [-0.4, -0.2) is 11.5 Å². The molecular weight excluding hydrogens is 164 g/mol. The van der Waals surface area contributed by atoms with Gasteiger partial charge in [-0.25, -0.2) is 0 Å². The van der Waals surface area contributed by atoms with Crippen molar-refractivity contribution in [1.29, 1.82) is 0 Å². The van der Waals surface area contributed by atoms with E-state index in [2.05, 4.69) is 27.0 Å². The van der Waals surface area contributed by atoms with E-state index in [0.717, 1.165) is 11.2 Å². The molecule has 0 aliphatic carbocycles. The minimum absolute atomic E-state index is 0.891. The molecule has 0 saturated carbocycles. The van der Waals surface area contributed by atoms with Crippen LogP contribution in [0.2, 0.25) is 0 Å². The third kappa shape index (κ3) is 5.08. The van der Waals surface area contributed by atoms with Gasteiger partial charge in [0.15, 0.2) is 0 Å². The van der Waals surface area contributed by atoms with Crippen molar-refractivity contribution in [1.82, 2.24) is 0 Å². The maximum atomic E-state index is 2.40. The van der Waals surface area contributed by atoms with Gasteiger partial charge in [0.1, 0.15) is 0 Å². The molecule has 0 saturated heterocycles. The zero-order valence-corrected chi connectivity index (χ0v) is 9.91. The summed E-state index contributed by atoms with van der Waals surface area (Å²) in [5.74, 6) is 0.913. The highest BCUT2D eigenvalue weighted by molar-refractivity contribution is 7.99. The molecule has 0 radical (unpaired) electrons. The van der Waals surface area contributed by atoms with Crippen LogP contribution in [0.5, 0.6) is 0 Å². The summed E-state index contributed by atoms with van der Waals surface area (Å²) in [5, 5.41) is 0.891. The van der Waals surface area contributed by atoms with Gasteiger partial charge in [-0.1, -0.05) is 40.0 Å². The lowest BCUT2D eigenvalue weighted by molar-refractivity contribution is 0.471. The molecule has 0 spiro atoms. The number of rotatable bonds is 7. The van der Waals surface area contributed by atoms with Crippen LogP contribution >= 0.6 is 11.8 Å². The van der Waals surface area contributed by atoms with E-state index in [4.69, 9.17) is 0 Å². The van der Waals surface area contributed by atoms with Gasteiger partial charge in [0.2, 0.25) is 0 Å². The maximum Gasteiger partial charge on any atom is 0.00672 e. The van der Waals surface area contributed by atoms with Gasteiger partial charge in [0.05, 0.1) is 0 Å². The zero-order valence-electron chi connectivity index (χ0n) is 9.10. The smallest absolute Gasteiger partial charge is 0.00672 e. The van der Waals surface area contributed by atoms with Crippen LogP contribution in [-0.2, 0) is 0 Å². The van der Waals surface area contributed by atoms with E-state index in [1.54, 1.807) is 0 Å². The van der Waals surface area contributed by atoms with Gasteiger partial charge in [-0.3, -0.25) is 0 Å². The summed E-state index contributed by atoms with van der Waals surface area (Å²) in [6.45, 7) is 6.98. The maximum absolute atomic E-state index is 2.40. The fourth-order valence-electron chi connectivity index (χ4n) is 1.70. The lowest BCUT2D eigenvalue weighted by Gasteiger charge is -2.20. The molecule has 0 aliphatic rings.